The Morgan fingerprint density at radius 2 is 0.571 bits per heavy atom. The molecule has 0 bridgehead atoms. The second-order valence-corrected chi connectivity index (χ2v) is 6.74. The molecule has 2 aromatic carbocycles. The normalized spacial score (nSPS) is 14.6. The van der Waals surface area contributed by atoms with Gasteiger partial charge in [-0.25, -0.2) is 0 Å². The second-order valence-electron chi connectivity index (χ2n) is 6.74. The third kappa shape index (κ3) is 4.42. The van der Waals surface area contributed by atoms with Gasteiger partial charge >= 0.3 is 41.8 Å². The molecule has 35 heavy (non-hydrogen) atoms. The van der Waals surface area contributed by atoms with Gasteiger partial charge in [0.05, 0.1) is 0 Å². The molecule has 196 valence electrons. The van der Waals surface area contributed by atoms with Gasteiger partial charge in [-0.05, 0) is 24.3 Å². The summed E-state index contributed by atoms with van der Waals surface area (Å²) in [6.45, 7) is 0. The van der Waals surface area contributed by atoms with Crippen LogP contribution >= 0.6 is 0 Å². The van der Waals surface area contributed by atoms with E-state index in [2.05, 4.69) is 9.47 Å². The van der Waals surface area contributed by atoms with Crippen LogP contribution in [-0.4, -0.2) is 41.8 Å². The number of benzene rings is 2. The van der Waals surface area contributed by atoms with Crippen LogP contribution in [0.4, 0.5) is 61.5 Å². The molecule has 16 heteroatoms. The highest BCUT2D eigenvalue weighted by Crippen LogP contribution is 2.62. The largest absolute Gasteiger partial charge is 0.471 e. The SMILES string of the molecule is FC(F)(Oc1ccccc1)C(F)(F)C(F)(F)C(F)(F)C(F)(F)C(F)(F)C(F)(F)Oc1ccccc1. The maximum absolute atomic E-state index is 13.9. The molecule has 0 aromatic heterocycles. The number of hydrogen-bond acceptors (Lipinski definition) is 2. The van der Waals surface area contributed by atoms with Crippen LogP contribution in [0, 0.1) is 0 Å². The van der Waals surface area contributed by atoms with Gasteiger partial charge in [0.2, 0.25) is 0 Å². The highest BCUT2D eigenvalue weighted by Gasteiger charge is 2.94. The van der Waals surface area contributed by atoms with Gasteiger partial charge in [0.1, 0.15) is 11.5 Å². The van der Waals surface area contributed by atoms with Crippen molar-refractivity contribution in [2.75, 3.05) is 0 Å². The molecule has 0 aliphatic carbocycles. The molecule has 0 aliphatic rings. The Morgan fingerprint density at radius 1 is 0.343 bits per heavy atom. The Hall–Kier alpha value is -2.94. The first kappa shape index (κ1) is 28.3. The number of ether oxygens (including phenoxy) is 2. The van der Waals surface area contributed by atoms with Crippen molar-refractivity contribution in [1.29, 1.82) is 0 Å². The van der Waals surface area contributed by atoms with Crippen molar-refractivity contribution < 1.29 is 70.9 Å². The smallest absolute Gasteiger partial charge is 0.428 e. The summed E-state index contributed by atoms with van der Waals surface area (Å²) in [5.41, 5.74) is 0. The third-order valence-corrected chi connectivity index (χ3v) is 4.29. The number of para-hydroxylation sites is 2. The quantitative estimate of drug-likeness (QED) is 0.293. The summed E-state index contributed by atoms with van der Waals surface area (Å²) in [7, 11) is 0. The summed E-state index contributed by atoms with van der Waals surface area (Å²) in [6, 6.07) is 7.17. The van der Waals surface area contributed by atoms with Gasteiger partial charge in [-0.2, -0.15) is 61.5 Å². The minimum absolute atomic E-state index is 0.435. The van der Waals surface area contributed by atoms with E-state index in [-0.39, 0.29) is 0 Å². The first-order valence-electron chi connectivity index (χ1n) is 8.78. The van der Waals surface area contributed by atoms with Crippen LogP contribution in [-0.2, 0) is 0 Å². The second kappa shape index (κ2) is 8.62. The summed E-state index contributed by atoms with van der Waals surface area (Å²) in [5, 5.41) is 0. The average molecular weight is 536 g/mol. The molecule has 0 N–H and O–H groups in total. The van der Waals surface area contributed by atoms with E-state index in [1.807, 2.05) is 0 Å². The minimum Gasteiger partial charge on any atom is -0.428 e. The van der Waals surface area contributed by atoms with Crippen molar-refractivity contribution >= 4 is 0 Å². The molecule has 0 heterocycles. The zero-order chi connectivity index (χ0) is 27.1. The third-order valence-electron chi connectivity index (χ3n) is 4.29. The van der Waals surface area contributed by atoms with E-state index < -0.39 is 53.3 Å². The van der Waals surface area contributed by atoms with Crippen LogP contribution in [0.25, 0.3) is 0 Å². The highest BCUT2D eigenvalue weighted by molar-refractivity contribution is 5.24. The summed E-state index contributed by atoms with van der Waals surface area (Å²) >= 11 is 0. The molecular formula is C19H10F14O2. The molecule has 0 unspecified atom stereocenters. The maximum atomic E-state index is 13.9. The molecule has 0 aliphatic heterocycles. The Balaban J connectivity index is 2.49. The lowest BCUT2D eigenvalue weighted by Gasteiger charge is -2.41. The van der Waals surface area contributed by atoms with Crippen LogP contribution in [0.2, 0.25) is 0 Å². The summed E-state index contributed by atoms with van der Waals surface area (Å²) in [6.07, 6.45) is -13.5. The fourth-order valence-electron chi connectivity index (χ4n) is 2.36. The molecule has 0 radical (unpaired) electrons. The Morgan fingerprint density at radius 3 is 0.829 bits per heavy atom. The molecule has 2 aromatic rings. The summed E-state index contributed by atoms with van der Waals surface area (Å²) in [5.74, 6) is -42.4. The van der Waals surface area contributed by atoms with E-state index in [1.54, 1.807) is 0 Å². The molecule has 0 saturated heterocycles. The fraction of sp³-hybridized carbons (Fsp3) is 0.368. The summed E-state index contributed by atoms with van der Waals surface area (Å²) in [4.78, 5) is 0. The van der Waals surface area contributed by atoms with Crippen LogP contribution < -0.4 is 9.47 Å². The minimum atomic E-state index is -8.22. The lowest BCUT2D eigenvalue weighted by atomic mass is 9.93. The number of hydrogen-bond donors (Lipinski definition) is 0. The predicted octanol–water partition coefficient (Wildman–Crippen LogP) is 7.51. The number of rotatable bonds is 10. The van der Waals surface area contributed by atoms with Gasteiger partial charge in [-0.1, -0.05) is 36.4 Å². The Kier molecular flexibility index (Phi) is 6.97. The van der Waals surface area contributed by atoms with E-state index in [4.69, 9.17) is 0 Å². The van der Waals surface area contributed by atoms with Crippen LogP contribution in [0.1, 0.15) is 0 Å². The van der Waals surface area contributed by atoms with Gasteiger partial charge in [-0.15, -0.1) is 0 Å². The van der Waals surface area contributed by atoms with Gasteiger partial charge < -0.3 is 9.47 Å². The van der Waals surface area contributed by atoms with E-state index in [1.165, 1.54) is 0 Å². The zero-order valence-electron chi connectivity index (χ0n) is 16.4. The lowest BCUT2D eigenvalue weighted by molar-refractivity contribution is -0.468. The van der Waals surface area contributed by atoms with Crippen molar-refractivity contribution in [3.63, 3.8) is 0 Å². The van der Waals surface area contributed by atoms with E-state index >= 15 is 0 Å². The molecule has 0 saturated carbocycles. The van der Waals surface area contributed by atoms with Crippen molar-refractivity contribution in [3.05, 3.63) is 60.7 Å². The van der Waals surface area contributed by atoms with E-state index in [0.717, 1.165) is 36.4 Å². The Labute approximate surface area is 186 Å². The first-order chi connectivity index (χ1) is 15.7. The topological polar surface area (TPSA) is 18.5 Å². The molecular weight excluding hydrogens is 526 g/mol. The molecule has 2 rings (SSSR count). The van der Waals surface area contributed by atoms with Crippen molar-refractivity contribution in [2.24, 2.45) is 0 Å². The van der Waals surface area contributed by atoms with Crippen LogP contribution in [0.3, 0.4) is 0 Å². The van der Waals surface area contributed by atoms with Gasteiger partial charge in [-0.3, -0.25) is 0 Å². The lowest BCUT2D eigenvalue weighted by Crippen LogP contribution is -2.74. The monoisotopic (exact) mass is 536 g/mol. The van der Waals surface area contributed by atoms with Crippen molar-refractivity contribution in [1.82, 2.24) is 0 Å². The van der Waals surface area contributed by atoms with Crippen LogP contribution in [0.5, 0.6) is 11.5 Å². The van der Waals surface area contributed by atoms with Gasteiger partial charge in [0.25, 0.3) is 0 Å². The number of alkyl halides is 14. The molecule has 2 nitrogen and oxygen atoms in total. The summed E-state index contributed by atoms with van der Waals surface area (Å²) < 4.78 is 200. The van der Waals surface area contributed by atoms with Gasteiger partial charge in [0, 0.05) is 0 Å². The number of halogens is 14. The maximum Gasteiger partial charge on any atom is 0.471 e. The fourth-order valence-corrected chi connectivity index (χ4v) is 2.36. The highest BCUT2D eigenvalue weighted by atomic mass is 19.4. The standard InChI is InChI=1S/C19H10F14O2/c20-13(21,14(22,23)16(26,27)18(30,31)34-11-7-3-1-4-8-11)15(24,25)17(28,29)19(32,33)35-12-9-5-2-6-10-12/h1-10H. The average Bonchev–Trinajstić information content (AvgIpc) is 2.73. The first-order valence-corrected chi connectivity index (χ1v) is 8.78. The van der Waals surface area contributed by atoms with E-state index in [0.29, 0.717) is 24.3 Å². The molecule has 0 spiro atoms. The van der Waals surface area contributed by atoms with E-state index in [9.17, 15) is 61.5 Å². The van der Waals surface area contributed by atoms with Gasteiger partial charge in [0.15, 0.2) is 0 Å². The van der Waals surface area contributed by atoms with Crippen molar-refractivity contribution in [2.45, 2.75) is 41.8 Å². The zero-order valence-corrected chi connectivity index (χ0v) is 16.4. The van der Waals surface area contributed by atoms with Crippen LogP contribution in [0.15, 0.2) is 60.7 Å². The van der Waals surface area contributed by atoms with Crippen molar-refractivity contribution in [3.8, 4) is 11.5 Å². The molecule has 0 fully saturated rings. The molecule has 0 atom stereocenters. The Bertz CT molecular complexity index is 914. The predicted molar refractivity (Wildman–Crippen MR) is 88.8 cm³/mol. The molecule has 0 amide bonds.